The lowest BCUT2D eigenvalue weighted by Gasteiger charge is -2.43. The lowest BCUT2D eigenvalue weighted by atomic mass is 9.68. The Bertz CT molecular complexity index is 1190. The van der Waals surface area contributed by atoms with Crippen LogP contribution in [0.2, 0.25) is 0 Å². The van der Waals surface area contributed by atoms with Gasteiger partial charge in [-0.3, -0.25) is 4.90 Å². The average Bonchev–Trinajstić information content (AvgIpc) is 3.28. The number of aryl methyl sites for hydroxylation is 1. The average molecular weight is 415 g/mol. The van der Waals surface area contributed by atoms with Crippen LogP contribution in [0.3, 0.4) is 0 Å². The number of anilines is 1. The van der Waals surface area contributed by atoms with Gasteiger partial charge in [0.2, 0.25) is 0 Å². The highest BCUT2D eigenvalue weighted by molar-refractivity contribution is 5.89. The van der Waals surface area contributed by atoms with Crippen LogP contribution >= 0.6 is 0 Å². The second-order valence-electron chi connectivity index (χ2n) is 9.36. The molecular weight excluding hydrogens is 390 g/mol. The van der Waals surface area contributed by atoms with Crippen molar-refractivity contribution in [2.75, 3.05) is 11.4 Å². The Morgan fingerprint density at radius 3 is 2.87 bits per heavy atom. The van der Waals surface area contributed by atoms with Gasteiger partial charge in [0.05, 0.1) is 35.5 Å². The summed E-state index contributed by atoms with van der Waals surface area (Å²) in [5, 5.41) is 9.26. The van der Waals surface area contributed by atoms with E-state index in [2.05, 4.69) is 27.5 Å². The molecule has 1 saturated carbocycles. The largest absolute Gasteiger partial charge is 0.441 e. The van der Waals surface area contributed by atoms with Crippen LogP contribution in [0.5, 0.6) is 0 Å². The first-order chi connectivity index (χ1) is 14.9. The fraction of sp³-hybridized carbons (Fsp3) is 0.417. The molecule has 1 aromatic carbocycles. The van der Waals surface area contributed by atoms with E-state index in [1.54, 1.807) is 17.2 Å². The van der Waals surface area contributed by atoms with Crippen molar-refractivity contribution in [3.05, 3.63) is 54.0 Å². The molecule has 2 fully saturated rings. The van der Waals surface area contributed by atoms with Crippen LogP contribution in [0.25, 0.3) is 11.0 Å². The number of amides is 1. The quantitative estimate of drug-likeness (QED) is 0.625. The second kappa shape index (κ2) is 7.09. The maximum absolute atomic E-state index is 12.7. The Hall–Kier alpha value is -3.40. The molecule has 1 unspecified atom stereocenters. The number of hydrogen-bond donors (Lipinski definition) is 0. The van der Waals surface area contributed by atoms with Gasteiger partial charge in [-0.2, -0.15) is 5.26 Å². The van der Waals surface area contributed by atoms with Crippen molar-refractivity contribution in [3.63, 3.8) is 0 Å². The molecule has 0 bridgehead atoms. The molecule has 31 heavy (non-hydrogen) atoms. The van der Waals surface area contributed by atoms with Gasteiger partial charge in [-0.05, 0) is 67.9 Å². The maximum Gasteiger partial charge on any atom is 0.416 e. The number of pyridine rings is 1. The van der Waals surface area contributed by atoms with Crippen molar-refractivity contribution in [2.24, 2.45) is 5.41 Å². The van der Waals surface area contributed by atoms with E-state index >= 15 is 0 Å². The van der Waals surface area contributed by atoms with Gasteiger partial charge in [-0.1, -0.05) is 13.0 Å². The topological polar surface area (TPSA) is 84.0 Å². The monoisotopic (exact) mass is 415 g/mol. The summed E-state index contributed by atoms with van der Waals surface area (Å²) in [6.45, 7) is 5.53. The standard InChI is InChI=1S/C24H25N5O2/c1-17-4-7-21(26-12-17)29-15-24(31-22(29)30)9-3-8-23(2,13-24)14-28-16-27-19-6-5-18(11-25)10-20(19)28/h4-7,10,12,16H,3,8-9,13-15H2,1-2H3/t23?,24-/m0/s1. The van der Waals surface area contributed by atoms with E-state index in [1.165, 1.54) is 0 Å². The van der Waals surface area contributed by atoms with E-state index in [0.717, 1.165) is 48.8 Å². The lowest BCUT2D eigenvalue weighted by molar-refractivity contribution is -0.0264. The number of nitrogens with zero attached hydrogens (tertiary/aromatic N) is 5. The Morgan fingerprint density at radius 1 is 1.23 bits per heavy atom. The van der Waals surface area contributed by atoms with E-state index in [-0.39, 0.29) is 11.5 Å². The van der Waals surface area contributed by atoms with Gasteiger partial charge in [0, 0.05) is 12.7 Å². The van der Waals surface area contributed by atoms with Crippen LogP contribution < -0.4 is 4.90 Å². The van der Waals surface area contributed by atoms with Crippen molar-refractivity contribution < 1.29 is 9.53 Å². The Labute approximate surface area is 181 Å². The zero-order valence-electron chi connectivity index (χ0n) is 17.8. The number of carbonyl (C=O) groups is 1. The summed E-state index contributed by atoms with van der Waals surface area (Å²) < 4.78 is 8.13. The first-order valence-corrected chi connectivity index (χ1v) is 10.7. The number of carbonyl (C=O) groups excluding carboxylic acids is 1. The molecule has 5 rings (SSSR count). The van der Waals surface area contributed by atoms with Gasteiger partial charge < -0.3 is 9.30 Å². The molecule has 2 aromatic heterocycles. The molecule has 2 atom stereocenters. The summed E-state index contributed by atoms with van der Waals surface area (Å²) in [4.78, 5) is 23.3. The lowest BCUT2D eigenvalue weighted by Crippen LogP contribution is -2.45. The molecule has 3 heterocycles. The van der Waals surface area contributed by atoms with E-state index < -0.39 is 5.60 Å². The number of hydrogen-bond acceptors (Lipinski definition) is 5. The zero-order chi connectivity index (χ0) is 21.6. The number of rotatable bonds is 3. The molecule has 3 aromatic rings. The predicted octanol–water partition coefficient (Wildman–Crippen LogP) is 4.59. The Morgan fingerprint density at radius 2 is 2.10 bits per heavy atom. The summed E-state index contributed by atoms with van der Waals surface area (Å²) in [7, 11) is 0. The van der Waals surface area contributed by atoms with Gasteiger partial charge in [-0.15, -0.1) is 0 Å². The minimum Gasteiger partial charge on any atom is -0.441 e. The van der Waals surface area contributed by atoms with E-state index in [1.807, 2.05) is 37.5 Å². The molecule has 1 aliphatic heterocycles. The fourth-order valence-corrected chi connectivity index (χ4v) is 5.23. The van der Waals surface area contributed by atoms with Gasteiger partial charge in [0.25, 0.3) is 0 Å². The summed E-state index contributed by atoms with van der Waals surface area (Å²) in [6.07, 6.45) is 7.00. The summed E-state index contributed by atoms with van der Waals surface area (Å²) in [5.74, 6) is 0.643. The van der Waals surface area contributed by atoms with Crippen molar-refractivity contribution in [2.45, 2.75) is 51.7 Å². The minimum absolute atomic E-state index is 0.0501. The number of nitriles is 1. The van der Waals surface area contributed by atoms with Crippen LogP contribution in [-0.2, 0) is 11.3 Å². The number of benzene rings is 1. The van der Waals surface area contributed by atoms with Crippen LogP contribution in [0, 0.1) is 23.7 Å². The molecule has 0 radical (unpaired) electrons. The highest BCUT2D eigenvalue weighted by Crippen LogP contribution is 2.47. The smallest absolute Gasteiger partial charge is 0.416 e. The third-order valence-corrected chi connectivity index (χ3v) is 6.61. The van der Waals surface area contributed by atoms with Gasteiger partial charge in [-0.25, -0.2) is 14.8 Å². The van der Waals surface area contributed by atoms with E-state index in [4.69, 9.17) is 4.74 Å². The zero-order valence-corrected chi connectivity index (χ0v) is 17.8. The van der Waals surface area contributed by atoms with Crippen LogP contribution in [0.1, 0.15) is 43.7 Å². The summed E-state index contributed by atoms with van der Waals surface area (Å²) in [6, 6.07) is 11.6. The minimum atomic E-state index is -0.495. The van der Waals surface area contributed by atoms with E-state index in [0.29, 0.717) is 17.9 Å². The molecular formula is C24H25N5O2. The molecule has 7 nitrogen and oxygen atoms in total. The molecule has 1 saturated heterocycles. The van der Waals surface area contributed by atoms with Crippen LogP contribution in [0.4, 0.5) is 10.6 Å². The Kier molecular flexibility index (Phi) is 4.47. The molecule has 2 aliphatic rings. The molecule has 1 spiro atoms. The number of fused-ring (bicyclic) bond motifs is 1. The van der Waals surface area contributed by atoms with Crippen LogP contribution in [-0.4, -0.2) is 32.8 Å². The maximum atomic E-state index is 12.7. The first-order valence-electron chi connectivity index (χ1n) is 10.7. The second-order valence-corrected chi connectivity index (χ2v) is 9.36. The molecule has 0 N–H and O–H groups in total. The van der Waals surface area contributed by atoms with Crippen molar-refractivity contribution in [1.29, 1.82) is 5.26 Å². The fourth-order valence-electron chi connectivity index (χ4n) is 5.23. The Balaban J connectivity index is 1.39. The van der Waals surface area contributed by atoms with Crippen molar-refractivity contribution >= 4 is 22.9 Å². The number of aromatic nitrogens is 3. The summed E-state index contributed by atoms with van der Waals surface area (Å²) in [5.41, 5.74) is 3.00. The highest BCUT2D eigenvalue weighted by Gasteiger charge is 2.52. The predicted molar refractivity (Wildman–Crippen MR) is 117 cm³/mol. The van der Waals surface area contributed by atoms with E-state index in [9.17, 15) is 10.1 Å². The number of imidazole rings is 1. The third kappa shape index (κ3) is 3.52. The third-order valence-electron chi connectivity index (χ3n) is 6.61. The molecule has 1 amide bonds. The van der Waals surface area contributed by atoms with Gasteiger partial charge in [0.1, 0.15) is 11.4 Å². The normalized spacial score (nSPS) is 25.7. The van der Waals surface area contributed by atoms with Crippen LogP contribution in [0.15, 0.2) is 42.9 Å². The van der Waals surface area contributed by atoms with Gasteiger partial charge in [0.15, 0.2) is 0 Å². The van der Waals surface area contributed by atoms with Crippen molar-refractivity contribution in [3.8, 4) is 6.07 Å². The SMILES string of the molecule is Cc1ccc(N2C[C@@]3(CCCC(C)(Cn4cnc5ccc(C#N)cc54)C3)OC2=O)nc1. The number of ether oxygens (including phenoxy) is 1. The van der Waals surface area contributed by atoms with Crippen molar-refractivity contribution in [1.82, 2.24) is 14.5 Å². The summed E-state index contributed by atoms with van der Waals surface area (Å²) >= 11 is 0. The molecule has 1 aliphatic carbocycles. The molecule has 158 valence electrons. The first kappa shape index (κ1) is 19.6. The molecule has 7 heteroatoms. The van der Waals surface area contributed by atoms with Gasteiger partial charge >= 0.3 is 6.09 Å². The highest BCUT2D eigenvalue weighted by atomic mass is 16.6.